The van der Waals surface area contributed by atoms with Gasteiger partial charge in [0.1, 0.15) is 11.5 Å². The van der Waals surface area contributed by atoms with E-state index in [1.54, 1.807) is 30.3 Å². The van der Waals surface area contributed by atoms with Gasteiger partial charge in [-0.3, -0.25) is 19.7 Å². The molecular weight excluding hydrogens is 384 g/mol. The van der Waals surface area contributed by atoms with Gasteiger partial charge in [-0.1, -0.05) is 23.7 Å². The molecule has 0 atom stereocenters. The van der Waals surface area contributed by atoms with Crippen molar-refractivity contribution in [2.75, 3.05) is 4.90 Å². The van der Waals surface area contributed by atoms with Gasteiger partial charge >= 0.3 is 0 Å². The highest BCUT2D eigenvalue weighted by Crippen LogP contribution is 2.35. The van der Waals surface area contributed by atoms with Crippen LogP contribution in [0.1, 0.15) is 20.7 Å². The number of hydrogen-bond acceptors (Lipinski definition) is 5. The van der Waals surface area contributed by atoms with Crippen molar-refractivity contribution in [1.82, 2.24) is 0 Å². The molecule has 1 heterocycles. The second-order valence-electron chi connectivity index (χ2n) is 5.96. The number of benzene rings is 3. The van der Waals surface area contributed by atoms with E-state index in [0.29, 0.717) is 22.2 Å². The van der Waals surface area contributed by atoms with E-state index in [9.17, 15) is 19.7 Å². The predicted molar refractivity (Wildman–Crippen MR) is 102 cm³/mol. The Labute approximate surface area is 163 Å². The van der Waals surface area contributed by atoms with Crippen LogP contribution in [-0.2, 0) is 0 Å². The number of non-ortho nitro benzene ring substituents is 1. The lowest BCUT2D eigenvalue weighted by Crippen LogP contribution is -2.29. The normalized spacial score (nSPS) is 12.8. The fourth-order valence-corrected chi connectivity index (χ4v) is 3.13. The Morgan fingerprint density at radius 1 is 0.857 bits per heavy atom. The van der Waals surface area contributed by atoms with Gasteiger partial charge in [-0.15, -0.1) is 0 Å². The first-order chi connectivity index (χ1) is 13.5. The summed E-state index contributed by atoms with van der Waals surface area (Å²) in [6.45, 7) is 0. The molecule has 0 aromatic heterocycles. The number of fused-ring (bicyclic) bond motifs is 1. The van der Waals surface area contributed by atoms with E-state index in [1.165, 1.54) is 36.4 Å². The van der Waals surface area contributed by atoms with Gasteiger partial charge in [-0.05, 0) is 42.5 Å². The molecule has 0 saturated heterocycles. The number of para-hydroxylation sites is 1. The Hall–Kier alpha value is -3.71. The number of carbonyl (C=O) groups is 2. The van der Waals surface area contributed by atoms with Crippen molar-refractivity contribution in [1.29, 1.82) is 0 Å². The number of anilines is 1. The molecular formula is C20H11ClN2O5. The Balaban J connectivity index is 1.64. The SMILES string of the molecule is O=C1c2ccc(Oc3ccc([N+](=O)[O-])cc3)cc2C(=O)N1c1ccccc1Cl. The average Bonchev–Trinajstić information content (AvgIpc) is 2.93. The minimum absolute atomic E-state index is 0.0579. The minimum Gasteiger partial charge on any atom is -0.457 e. The molecule has 3 aromatic rings. The zero-order chi connectivity index (χ0) is 19.8. The van der Waals surface area contributed by atoms with Gasteiger partial charge < -0.3 is 4.74 Å². The van der Waals surface area contributed by atoms with Crippen LogP contribution in [0.4, 0.5) is 11.4 Å². The van der Waals surface area contributed by atoms with E-state index in [2.05, 4.69) is 0 Å². The van der Waals surface area contributed by atoms with Gasteiger partial charge in [0.25, 0.3) is 17.5 Å². The van der Waals surface area contributed by atoms with Gasteiger partial charge in [0.2, 0.25) is 0 Å². The lowest BCUT2D eigenvalue weighted by molar-refractivity contribution is -0.384. The molecule has 0 fully saturated rings. The predicted octanol–water partition coefficient (Wildman–Crippen LogP) is 4.84. The van der Waals surface area contributed by atoms with Gasteiger partial charge in [-0.25, -0.2) is 4.90 Å². The number of hydrogen-bond donors (Lipinski definition) is 0. The van der Waals surface area contributed by atoms with Crippen molar-refractivity contribution in [3.63, 3.8) is 0 Å². The first-order valence-corrected chi connectivity index (χ1v) is 8.53. The van der Waals surface area contributed by atoms with Gasteiger partial charge in [0.05, 0.1) is 26.8 Å². The number of nitro benzene ring substituents is 1. The topological polar surface area (TPSA) is 89.7 Å². The summed E-state index contributed by atoms with van der Waals surface area (Å²) in [6, 6.07) is 16.7. The highest BCUT2D eigenvalue weighted by Gasteiger charge is 2.37. The molecule has 7 nitrogen and oxygen atoms in total. The second-order valence-corrected chi connectivity index (χ2v) is 6.36. The van der Waals surface area contributed by atoms with Gasteiger partial charge in [0, 0.05) is 12.1 Å². The van der Waals surface area contributed by atoms with Crippen LogP contribution in [0.3, 0.4) is 0 Å². The summed E-state index contributed by atoms with van der Waals surface area (Å²) in [5, 5.41) is 11.0. The molecule has 0 radical (unpaired) electrons. The third-order valence-corrected chi connectivity index (χ3v) is 4.55. The Morgan fingerprint density at radius 3 is 2.18 bits per heavy atom. The second kappa shape index (κ2) is 6.79. The molecule has 0 unspecified atom stereocenters. The fourth-order valence-electron chi connectivity index (χ4n) is 2.91. The maximum atomic E-state index is 12.8. The first-order valence-electron chi connectivity index (χ1n) is 8.15. The van der Waals surface area contributed by atoms with E-state index in [-0.39, 0.29) is 16.8 Å². The number of imide groups is 1. The summed E-state index contributed by atoms with van der Waals surface area (Å²) in [7, 11) is 0. The molecule has 0 aliphatic carbocycles. The van der Waals surface area contributed by atoms with Crippen molar-refractivity contribution < 1.29 is 19.2 Å². The lowest BCUT2D eigenvalue weighted by atomic mass is 10.1. The molecule has 3 aromatic carbocycles. The molecule has 0 saturated carbocycles. The number of ether oxygens (including phenoxy) is 1. The lowest BCUT2D eigenvalue weighted by Gasteiger charge is -2.15. The van der Waals surface area contributed by atoms with Crippen LogP contribution in [0.2, 0.25) is 5.02 Å². The summed E-state index contributed by atoms with van der Waals surface area (Å²) >= 11 is 6.13. The number of nitro groups is 1. The number of halogens is 1. The Kier molecular flexibility index (Phi) is 4.29. The number of carbonyl (C=O) groups excluding carboxylic acids is 2. The van der Waals surface area contributed by atoms with Crippen molar-refractivity contribution in [2.24, 2.45) is 0 Å². The highest BCUT2D eigenvalue weighted by atomic mass is 35.5. The van der Waals surface area contributed by atoms with Crippen LogP contribution in [0.25, 0.3) is 0 Å². The average molecular weight is 395 g/mol. The molecule has 1 aliphatic rings. The first kappa shape index (κ1) is 17.7. The van der Waals surface area contributed by atoms with Crippen molar-refractivity contribution in [2.45, 2.75) is 0 Å². The molecule has 1 aliphatic heterocycles. The van der Waals surface area contributed by atoms with Gasteiger partial charge in [0.15, 0.2) is 0 Å². The summed E-state index contributed by atoms with van der Waals surface area (Å²) in [6.07, 6.45) is 0. The van der Waals surface area contributed by atoms with E-state index in [1.807, 2.05) is 0 Å². The third-order valence-electron chi connectivity index (χ3n) is 4.23. The molecule has 0 bridgehead atoms. The fraction of sp³-hybridized carbons (Fsp3) is 0. The summed E-state index contributed by atoms with van der Waals surface area (Å²) in [4.78, 5) is 36.7. The zero-order valence-electron chi connectivity index (χ0n) is 14.2. The molecule has 8 heteroatoms. The van der Waals surface area contributed by atoms with E-state index < -0.39 is 16.7 Å². The van der Waals surface area contributed by atoms with Gasteiger partial charge in [-0.2, -0.15) is 0 Å². The molecule has 28 heavy (non-hydrogen) atoms. The van der Waals surface area contributed by atoms with Crippen LogP contribution in [-0.4, -0.2) is 16.7 Å². The molecule has 2 amide bonds. The number of amides is 2. The third kappa shape index (κ3) is 2.97. The van der Waals surface area contributed by atoms with Crippen molar-refractivity contribution in [3.8, 4) is 11.5 Å². The van der Waals surface area contributed by atoms with Crippen LogP contribution in [0, 0.1) is 10.1 Å². The van der Waals surface area contributed by atoms with Crippen LogP contribution >= 0.6 is 11.6 Å². The summed E-state index contributed by atoms with van der Waals surface area (Å²) in [5.74, 6) is -0.266. The highest BCUT2D eigenvalue weighted by molar-refractivity contribution is 6.39. The maximum Gasteiger partial charge on any atom is 0.269 e. The monoisotopic (exact) mass is 394 g/mol. The van der Waals surface area contributed by atoms with E-state index >= 15 is 0 Å². The Morgan fingerprint density at radius 2 is 1.50 bits per heavy atom. The molecule has 0 N–H and O–H groups in total. The maximum absolute atomic E-state index is 12.8. The number of rotatable bonds is 4. The minimum atomic E-state index is -0.507. The van der Waals surface area contributed by atoms with Crippen molar-refractivity contribution in [3.05, 3.63) is 93.0 Å². The van der Waals surface area contributed by atoms with E-state index in [0.717, 1.165) is 4.90 Å². The summed E-state index contributed by atoms with van der Waals surface area (Å²) in [5.41, 5.74) is 0.705. The smallest absolute Gasteiger partial charge is 0.269 e. The van der Waals surface area contributed by atoms with Crippen molar-refractivity contribution >= 4 is 34.8 Å². The van der Waals surface area contributed by atoms with E-state index in [4.69, 9.17) is 16.3 Å². The Bertz CT molecular complexity index is 1130. The summed E-state index contributed by atoms with van der Waals surface area (Å²) < 4.78 is 5.66. The molecule has 0 spiro atoms. The molecule has 138 valence electrons. The zero-order valence-corrected chi connectivity index (χ0v) is 14.9. The standard InChI is InChI=1S/C20H11ClN2O5/c21-17-3-1-2-4-18(17)22-19(24)15-10-9-14(11-16(15)20(22)25)28-13-7-5-12(6-8-13)23(26)27/h1-11H. The molecule has 4 rings (SSSR count). The number of nitrogens with zero attached hydrogens (tertiary/aromatic N) is 2. The van der Waals surface area contributed by atoms with Crippen LogP contribution in [0.5, 0.6) is 11.5 Å². The quantitative estimate of drug-likeness (QED) is 0.359. The van der Waals surface area contributed by atoms with Crippen LogP contribution in [0.15, 0.2) is 66.7 Å². The largest absolute Gasteiger partial charge is 0.457 e. The van der Waals surface area contributed by atoms with Crippen LogP contribution < -0.4 is 9.64 Å².